The van der Waals surface area contributed by atoms with Gasteiger partial charge in [0.2, 0.25) is 5.91 Å². The van der Waals surface area contributed by atoms with Gasteiger partial charge >= 0.3 is 0 Å². The molecule has 0 bridgehead atoms. The molecule has 0 spiro atoms. The number of piperidine rings is 1. The third kappa shape index (κ3) is 2.73. The molecule has 108 valence electrons. The van der Waals surface area contributed by atoms with Crippen molar-refractivity contribution >= 4 is 11.6 Å². The molecule has 0 saturated carbocycles. The normalized spacial score (nSPS) is 26.8. The zero-order valence-corrected chi connectivity index (χ0v) is 12.3. The van der Waals surface area contributed by atoms with E-state index in [0.717, 1.165) is 38.0 Å². The lowest BCUT2D eigenvalue weighted by molar-refractivity contribution is -0.121. The maximum absolute atomic E-state index is 12.9. The highest BCUT2D eigenvalue weighted by Crippen LogP contribution is 2.28. The third-order valence-electron chi connectivity index (χ3n) is 4.59. The molecule has 2 heterocycles. The van der Waals surface area contributed by atoms with Crippen molar-refractivity contribution in [1.82, 2.24) is 5.32 Å². The van der Waals surface area contributed by atoms with Crippen molar-refractivity contribution in [2.24, 2.45) is 5.92 Å². The Morgan fingerprint density at radius 1 is 1.30 bits per heavy atom. The first-order valence-corrected chi connectivity index (χ1v) is 7.88. The van der Waals surface area contributed by atoms with Crippen LogP contribution in [0.5, 0.6) is 0 Å². The average Bonchev–Trinajstić information content (AvgIpc) is 2.69. The first kappa shape index (κ1) is 13.6. The molecule has 2 atom stereocenters. The predicted molar refractivity (Wildman–Crippen MR) is 81.9 cm³/mol. The van der Waals surface area contributed by atoms with Crippen LogP contribution in [0.25, 0.3) is 0 Å². The van der Waals surface area contributed by atoms with E-state index in [0.29, 0.717) is 5.92 Å². The van der Waals surface area contributed by atoms with Gasteiger partial charge in [0, 0.05) is 12.2 Å². The fourth-order valence-corrected chi connectivity index (χ4v) is 3.40. The molecule has 1 N–H and O–H groups in total. The number of nitrogens with zero attached hydrogens (tertiary/aromatic N) is 1. The van der Waals surface area contributed by atoms with Crippen molar-refractivity contribution in [2.45, 2.75) is 45.1 Å². The maximum Gasteiger partial charge on any atom is 0.244 e. The Morgan fingerprint density at radius 2 is 2.15 bits per heavy atom. The van der Waals surface area contributed by atoms with E-state index >= 15 is 0 Å². The minimum atomic E-state index is 0.00454. The highest BCUT2D eigenvalue weighted by molar-refractivity contribution is 5.98. The van der Waals surface area contributed by atoms with Gasteiger partial charge < -0.3 is 10.2 Å². The molecule has 1 aromatic rings. The van der Waals surface area contributed by atoms with Crippen LogP contribution in [0.2, 0.25) is 0 Å². The molecular weight excluding hydrogens is 248 g/mol. The van der Waals surface area contributed by atoms with Gasteiger partial charge in [-0.05, 0) is 56.2 Å². The summed E-state index contributed by atoms with van der Waals surface area (Å²) in [6.45, 7) is 4.08. The number of aryl methyl sites for hydroxylation is 1. The molecule has 1 fully saturated rings. The molecule has 1 saturated heterocycles. The van der Waals surface area contributed by atoms with E-state index in [2.05, 4.69) is 30.4 Å². The lowest BCUT2D eigenvalue weighted by atomic mass is 9.93. The van der Waals surface area contributed by atoms with E-state index in [1.807, 2.05) is 11.0 Å². The Hall–Kier alpha value is -1.35. The summed E-state index contributed by atoms with van der Waals surface area (Å²) in [7, 11) is 0. The summed E-state index contributed by atoms with van der Waals surface area (Å²) in [5, 5.41) is 3.41. The van der Waals surface area contributed by atoms with Gasteiger partial charge in [-0.2, -0.15) is 0 Å². The number of hydrogen-bond acceptors (Lipinski definition) is 2. The van der Waals surface area contributed by atoms with Crippen LogP contribution in [0.3, 0.4) is 0 Å². The van der Waals surface area contributed by atoms with E-state index in [1.165, 1.54) is 18.4 Å². The molecule has 0 aromatic heterocycles. The number of amides is 1. The highest BCUT2D eigenvalue weighted by Gasteiger charge is 2.30. The maximum atomic E-state index is 12.9. The number of carbonyl (C=O) groups excluding carboxylic acids is 1. The van der Waals surface area contributed by atoms with E-state index < -0.39 is 0 Å². The minimum Gasteiger partial charge on any atom is -0.311 e. The number of carbonyl (C=O) groups is 1. The summed E-state index contributed by atoms with van der Waals surface area (Å²) in [5.41, 5.74) is 2.46. The van der Waals surface area contributed by atoms with Gasteiger partial charge in [-0.1, -0.05) is 25.1 Å². The van der Waals surface area contributed by atoms with Gasteiger partial charge in [0.25, 0.3) is 0 Å². The van der Waals surface area contributed by atoms with Crippen LogP contribution < -0.4 is 10.2 Å². The molecular formula is C17H24N2O. The number of hydrogen-bond donors (Lipinski definition) is 1. The van der Waals surface area contributed by atoms with Gasteiger partial charge in [-0.3, -0.25) is 4.79 Å². The average molecular weight is 272 g/mol. The van der Waals surface area contributed by atoms with Crippen molar-refractivity contribution in [1.29, 1.82) is 0 Å². The molecule has 1 amide bonds. The van der Waals surface area contributed by atoms with Crippen molar-refractivity contribution in [3.63, 3.8) is 0 Å². The van der Waals surface area contributed by atoms with Crippen LogP contribution in [0, 0.1) is 5.92 Å². The zero-order valence-electron chi connectivity index (χ0n) is 12.3. The Bertz CT molecular complexity index is 486. The molecule has 0 radical (unpaired) electrons. The number of nitrogens with one attached hydrogen (secondary N) is 1. The predicted octanol–water partition coefficient (Wildman–Crippen LogP) is 2.74. The molecule has 0 aliphatic carbocycles. The largest absolute Gasteiger partial charge is 0.311 e. The van der Waals surface area contributed by atoms with Crippen molar-refractivity contribution in [3.05, 3.63) is 29.8 Å². The fraction of sp³-hybridized carbons (Fsp3) is 0.588. The molecule has 2 unspecified atom stereocenters. The van der Waals surface area contributed by atoms with Crippen LogP contribution in [0.4, 0.5) is 5.69 Å². The van der Waals surface area contributed by atoms with Crippen LogP contribution in [-0.4, -0.2) is 25.0 Å². The molecule has 1 aromatic carbocycles. The standard InChI is InChI=1S/C17H24N2O/c1-13-9-10-18-15(12-13)17(20)19-11-5-4-7-14-6-2-3-8-16(14)19/h2-3,6,8,13,15,18H,4-5,7,9-12H2,1H3. The minimum absolute atomic E-state index is 0.00454. The molecule has 3 rings (SSSR count). The van der Waals surface area contributed by atoms with E-state index in [1.54, 1.807) is 0 Å². The molecule has 2 aliphatic heterocycles. The smallest absolute Gasteiger partial charge is 0.244 e. The number of anilines is 1. The second-order valence-electron chi connectivity index (χ2n) is 6.21. The van der Waals surface area contributed by atoms with Gasteiger partial charge in [0.05, 0.1) is 6.04 Å². The molecule has 3 nitrogen and oxygen atoms in total. The topological polar surface area (TPSA) is 32.3 Å². The van der Waals surface area contributed by atoms with Crippen LogP contribution in [-0.2, 0) is 11.2 Å². The Labute approximate surface area is 121 Å². The number of rotatable bonds is 1. The summed E-state index contributed by atoms with van der Waals surface area (Å²) in [6.07, 6.45) is 5.52. The molecule has 3 heteroatoms. The third-order valence-corrected chi connectivity index (χ3v) is 4.59. The quantitative estimate of drug-likeness (QED) is 0.852. The van der Waals surface area contributed by atoms with Crippen LogP contribution in [0.1, 0.15) is 38.2 Å². The summed E-state index contributed by atoms with van der Waals surface area (Å²) in [6, 6.07) is 8.39. The lowest BCUT2D eigenvalue weighted by Crippen LogP contribution is -2.50. The van der Waals surface area contributed by atoms with Crippen molar-refractivity contribution in [2.75, 3.05) is 18.0 Å². The first-order valence-electron chi connectivity index (χ1n) is 7.88. The Balaban J connectivity index is 1.83. The summed E-state index contributed by atoms with van der Waals surface area (Å²) >= 11 is 0. The van der Waals surface area contributed by atoms with Crippen molar-refractivity contribution < 1.29 is 4.79 Å². The number of para-hydroxylation sites is 1. The SMILES string of the molecule is CC1CCNC(C(=O)N2CCCCc3ccccc32)C1. The Morgan fingerprint density at radius 3 is 3.00 bits per heavy atom. The van der Waals surface area contributed by atoms with Gasteiger partial charge in [-0.25, -0.2) is 0 Å². The van der Waals surface area contributed by atoms with Crippen molar-refractivity contribution in [3.8, 4) is 0 Å². The van der Waals surface area contributed by atoms with E-state index in [-0.39, 0.29) is 11.9 Å². The number of fused-ring (bicyclic) bond motifs is 1. The monoisotopic (exact) mass is 272 g/mol. The highest BCUT2D eigenvalue weighted by atomic mass is 16.2. The van der Waals surface area contributed by atoms with Gasteiger partial charge in [0.1, 0.15) is 0 Å². The summed E-state index contributed by atoms with van der Waals surface area (Å²) in [4.78, 5) is 14.9. The van der Waals surface area contributed by atoms with Crippen LogP contribution >= 0.6 is 0 Å². The van der Waals surface area contributed by atoms with E-state index in [9.17, 15) is 4.79 Å². The number of benzene rings is 1. The van der Waals surface area contributed by atoms with Gasteiger partial charge in [0.15, 0.2) is 0 Å². The van der Waals surface area contributed by atoms with Crippen LogP contribution in [0.15, 0.2) is 24.3 Å². The summed E-state index contributed by atoms with van der Waals surface area (Å²) in [5.74, 6) is 0.915. The fourth-order valence-electron chi connectivity index (χ4n) is 3.40. The molecule has 20 heavy (non-hydrogen) atoms. The first-order chi connectivity index (χ1) is 9.75. The second kappa shape index (κ2) is 5.96. The zero-order chi connectivity index (χ0) is 13.9. The molecule has 2 aliphatic rings. The van der Waals surface area contributed by atoms with E-state index in [4.69, 9.17) is 0 Å². The lowest BCUT2D eigenvalue weighted by Gasteiger charge is -2.32. The second-order valence-corrected chi connectivity index (χ2v) is 6.21. The Kier molecular flexibility index (Phi) is 4.06. The summed E-state index contributed by atoms with van der Waals surface area (Å²) < 4.78 is 0. The van der Waals surface area contributed by atoms with Gasteiger partial charge in [-0.15, -0.1) is 0 Å².